The highest BCUT2D eigenvalue weighted by molar-refractivity contribution is 8.01. The van der Waals surface area contributed by atoms with Gasteiger partial charge in [-0.25, -0.2) is 0 Å². The first-order valence-corrected chi connectivity index (χ1v) is 46.0. The van der Waals surface area contributed by atoms with Crippen LogP contribution in [0.3, 0.4) is 0 Å². The van der Waals surface area contributed by atoms with Crippen LogP contribution < -0.4 is 14.9 Å². The number of hydrogen-bond acceptors (Lipinski definition) is 18. The summed E-state index contributed by atoms with van der Waals surface area (Å²) in [5, 5.41) is 48.3. The summed E-state index contributed by atoms with van der Waals surface area (Å²) in [6.45, 7) is 22.7. The molecule has 3 aliphatic rings. The van der Waals surface area contributed by atoms with Crippen LogP contribution in [0, 0.1) is 41.5 Å². The topological polar surface area (TPSA) is 280 Å². The van der Waals surface area contributed by atoms with E-state index in [1.807, 2.05) is 213 Å². The number of likely N-dealkylation sites (N-methyl/N-ethyl adjacent to an activating group) is 1. The summed E-state index contributed by atoms with van der Waals surface area (Å²) >= 11 is 0. The van der Waals surface area contributed by atoms with Gasteiger partial charge in [-0.3, -0.25) is 43.3 Å². The molecule has 137 heavy (non-hydrogen) atoms. The number of benzene rings is 11. The van der Waals surface area contributed by atoms with Gasteiger partial charge in [-0.15, -0.1) is 0 Å². The van der Waals surface area contributed by atoms with Crippen molar-refractivity contribution in [3.8, 4) is 5.75 Å². The lowest BCUT2D eigenvalue weighted by Gasteiger charge is -2.38. The first kappa shape index (κ1) is 125. The second kappa shape index (κ2) is 59.5. The Morgan fingerprint density at radius 3 is 1.03 bits per heavy atom. The van der Waals surface area contributed by atoms with Crippen molar-refractivity contribution >= 4 is 63.9 Å². The molecule has 1 heterocycles. The molecule has 1 saturated heterocycles. The van der Waals surface area contributed by atoms with E-state index in [1.165, 1.54) is 33.3 Å². The lowest BCUT2D eigenvalue weighted by Crippen LogP contribution is -2.52. The standard InChI is InChI=1S/C26H27O3P.C23H30N2O2.2C13H16O2.C13H10O.C12H16O4.C10H12O2.8CH4/c1-16-12-18(3)23(19(4)13-16)25(27)30(29,22-10-8-7-9-11-22)26(28)24-20(5)14-17(2)15-21(24)6;1-4-23(24(2)3,18-19-8-6-5-7-9-19)22(26)20-10-12-21(13-11-20)25-14-16-27-17-15-25;2*14-12(11-7-3-1-4-8-11)13(15)9-5-2-6-10-13;14-13(11-7-3-1-4-8-11)12-9-5-2-6-10-12;1-12(2,15)11(14)9-3-5-10(6-4-9)16-8-7-13;1-10(2,12)9(11)8-6-4-3-5-7-8;;;;;;;;/h7-15H,1-6H3;5-13H,4,14-18H2,1-3H3;2*1,3-4,7-8,15H,2,5-6,9-10H2;1-10H;3-6,13,15H,7-8H2,1-2H3;3-7,12H,1-2H3;8*1H4. The Balaban J connectivity index is 0.00000160. The lowest BCUT2D eigenvalue weighted by atomic mass is 9.79. The zero-order valence-corrected chi connectivity index (χ0v) is 77.8. The first-order valence-electron chi connectivity index (χ1n) is 44.3. The molecular weight excluding hydrogens is 1730 g/mol. The highest BCUT2D eigenvalue weighted by Crippen LogP contribution is 2.53. The summed E-state index contributed by atoms with van der Waals surface area (Å²) in [5.41, 5.74) is 6.00. The largest absolute Gasteiger partial charge is 0.491 e. The summed E-state index contributed by atoms with van der Waals surface area (Å²) in [5.74, 6) is 0.0508. The smallest absolute Gasteiger partial charge is 0.248 e. The van der Waals surface area contributed by atoms with E-state index in [1.54, 1.807) is 103 Å². The molecule has 0 aromatic heterocycles. The molecule has 0 bridgehead atoms. The predicted octanol–water partition coefficient (Wildman–Crippen LogP) is 25.7. The Hall–Kier alpha value is -11.7. The molecule has 742 valence electrons. The minimum absolute atomic E-state index is 0. The van der Waals surface area contributed by atoms with Crippen molar-refractivity contribution in [2.45, 2.75) is 241 Å². The van der Waals surface area contributed by atoms with Gasteiger partial charge in [0.15, 0.2) is 34.7 Å². The number of nitrogens with zero attached hydrogens (tertiary/aromatic N) is 2. The van der Waals surface area contributed by atoms with E-state index in [-0.39, 0.29) is 113 Å². The van der Waals surface area contributed by atoms with Crippen LogP contribution in [0.2, 0.25) is 0 Å². The lowest BCUT2D eigenvalue weighted by molar-refractivity contribution is 0.0116. The second-order valence-electron chi connectivity index (χ2n) is 34.4. The van der Waals surface area contributed by atoms with Gasteiger partial charge in [-0.1, -0.05) is 353 Å². The van der Waals surface area contributed by atoms with E-state index >= 15 is 0 Å². The van der Waals surface area contributed by atoms with Crippen LogP contribution in [0.1, 0.15) is 292 Å². The minimum atomic E-state index is -4.11. The average molecular weight is 1890 g/mol. The van der Waals surface area contributed by atoms with Crippen LogP contribution in [0.4, 0.5) is 5.69 Å². The summed E-state index contributed by atoms with van der Waals surface area (Å²) in [6, 6.07) is 86.4. The monoisotopic (exact) mass is 1890 g/mol. The third-order valence-corrected chi connectivity index (χ3v) is 25.8. The number of morpholine rings is 1. The number of ether oxygens (including phenoxy) is 2. The van der Waals surface area contributed by atoms with Crippen molar-refractivity contribution < 1.29 is 77.9 Å². The number of anilines is 1. The molecule has 5 N–H and O–H groups in total. The molecule has 11 aromatic carbocycles. The highest BCUT2D eigenvalue weighted by atomic mass is 31.2. The van der Waals surface area contributed by atoms with E-state index in [2.05, 4.69) is 41.0 Å². The molecule has 14 rings (SSSR count). The van der Waals surface area contributed by atoms with Gasteiger partial charge < -0.3 is 44.5 Å². The molecule has 18 nitrogen and oxygen atoms in total. The van der Waals surface area contributed by atoms with Gasteiger partial charge in [0.2, 0.25) is 18.2 Å². The van der Waals surface area contributed by atoms with Crippen LogP contribution in [-0.4, -0.2) is 158 Å². The molecule has 1 aliphatic heterocycles. The summed E-state index contributed by atoms with van der Waals surface area (Å²) in [7, 11) is -0.101. The third-order valence-electron chi connectivity index (χ3n) is 23.2. The minimum Gasteiger partial charge on any atom is -0.491 e. The van der Waals surface area contributed by atoms with E-state index in [9.17, 15) is 63.3 Å². The van der Waals surface area contributed by atoms with Crippen LogP contribution in [-0.2, 0) is 15.7 Å². The molecule has 0 spiro atoms. The summed E-state index contributed by atoms with van der Waals surface area (Å²) in [6.07, 6.45) is 9.99. The number of aliphatic hydroxyl groups excluding tert-OH is 1. The maximum absolute atomic E-state index is 14.5. The van der Waals surface area contributed by atoms with Gasteiger partial charge in [-0.2, -0.15) is 0 Å². The molecule has 19 heteroatoms. The van der Waals surface area contributed by atoms with Gasteiger partial charge in [0, 0.05) is 74.2 Å². The van der Waals surface area contributed by atoms with Crippen molar-refractivity contribution in [3.63, 3.8) is 0 Å². The number of aliphatic hydroxyl groups is 5. The molecular formula is C118H159N2O16P. The van der Waals surface area contributed by atoms with E-state index < -0.39 is 46.1 Å². The summed E-state index contributed by atoms with van der Waals surface area (Å²) < 4.78 is 25.1. The van der Waals surface area contributed by atoms with Crippen molar-refractivity contribution in [2.75, 3.05) is 58.5 Å². The SMILES string of the molecule is C.C.C.C.C.C.C.C.CC(C)(O)C(=O)c1ccc(OCCO)cc1.CC(C)(O)C(=O)c1ccccc1.CCC(Cc1ccccc1)(C(=O)c1ccc(N2CCOCC2)cc1)N(C)C.Cc1cc(C)c(C(=O)P(=O)(C(=O)c2c(C)cc(C)cc2C)c2ccccc2)c(C)c1.O=C(c1ccccc1)C1(O)CCCCC1.O=C(c1ccccc1)C1(O)CCCCC1.O=C(c1ccccc1)c1ccccc1. The summed E-state index contributed by atoms with van der Waals surface area (Å²) in [4.78, 5) is 105. The van der Waals surface area contributed by atoms with Crippen LogP contribution >= 0.6 is 7.14 Å². The van der Waals surface area contributed by atoms with Crippen molar-refractivity contribution in [1.29, 1.82) is 0 Å². The number of rotatable bonds is 25. The molecule has 2 aliphatic carbocycles. The van der Waals surface area contributed by atoms with Crippen LogP contribution in [0.15, 0.2) is 285 Å². The Kier molecular flexibility index (Phi) is 54.4. The van der Waals surface area contributed by atoms with E-state index in [4.69, 9.17) is 14.6 Å². The fourth-order valence-corrected chi connectivity index (χ4v) is 18.7. The number of hydrogen-bond donors (Lipinski definition) is 5. The van der Waals surface area contributed by atoms with E-state index in [0.29, 0.717) is 71.2 Å². The van der Waals surface area contributed by atoms with Gasteiger partial charge >= 0.3 is 0 Å². The molecule has 0 amide bonds. The quantitative estimate of drug-likeness (QED) is 0.0263. The van der Waals surface area contributed by atoms with Gasteiger partial charge in [-0.05, 0) is 198 Å². The number of carbonyl (C=O) groups is 8. The molecule has 2 saturated carbocycles. The molecule has 1 unspecified atom stereocenters. The Morgan fingerprint density at radius 2 is 0.708 bits per heavy atom. The number of ketones is 6. The third kappa shape index (κ3) is 35.1. The molecule has 3 fully saturated rings. The van der Waals surface area contributed by atoms with Gasteiger partial charge in [0.05, 0.1) is 25.4 Å². The van der Waals surface area contributed by atoms with Crippen LogP contribution in [0.25, 0.3) is 0 Å². The maximum atomic E-state index is 14.5. The Bertz CT molecular complexity index is 5280. The Morgan fingerprint density at radius 1 is 0.409 bits per heavy atom. The first-order chi connectivity index (χ1) is 61.4. The number of Topliss-reactive ketones (excluding diaryl/α,β-unsaturated/α-hetero) is 5. The van der Waals surface area contributed by atoms with E-state index in [0.717, 1.165) is 127 Å². The van der Waals surface area contributed by atoms with Crippen molar-refractivity contribution in [3.05, 3.63) is 374 Å². The number of carbonyl (C=O) groups excluding carboxylic acids is 8. The van der Waals surface area contributed by atoms with Crippen LogP contribution in [0.5, 0.6) is 5.75 Å². The van der Waals surface area contributed by atoms with Crippen molar-refractivity contribution in [2.24, 2.45) is 0 Å². The second-order valence-corrected chi connectivity index (χ2v) is 36.9. The maximum Gasteiger partial charge on any atom is 0.248 e. The Labute approximate surface area is 820 Å². The zero-order valence-electron chi connectivity index (χ0n) is 76.9. The normalized spacial score (nSPS) is 13.5. The number of aryl methyl sites for hydroxylation is 6. The fourth-order valence-electron chi connectivity index (χ4n) is 16.2. The zero-order chi connectivity index (χ0) is 94.1. The molecule has 1 atom stereocenters. The molecule has 0 radical (unpaired) electrons. The average Bonchev–Trinajstić information content (AvgIpc) is 0.743. The van der Waals surface area contributed by atoms with Crippen molar-refractivity contribution in [1.82, 2.24) is 4.90 Å². The fraction of sp³-hybridized carbons (Fsp3) is 0.373. The predicted molar refractivity (Wildman–Crippen MR) is 569 cm³/mol. The van der Waals surface area contributed by atoms with Gasteiger partial charge in [0.1, 0.15) is 34.8 Å². The molecule has 11 aromatic rings. The van der Waals surface area contributed by atoms with Gasteiger partial charge in [0.25, 0.3) is 0 Å². The highest BCUT2D eigenvalue weighted by Gasteiger charge is 2.46.